The molecule has 1 aliphatic rings. The summed E-state index contributed by atoms with van der Waals surface area (Å²) in [4.78, 5) is 37.5. The Labute approximate surface area is 147 Å². The summed E-state index contributed by atoms with van der Waals surface area (Å²) >= 11 is 7.12. The number of benzene rings is 2. The predicted octanol–water partition coefficient (Wildman–Crippen LogP) is 2.13. The van der Waals surface area contributed by atoms with Gasteiger partial charge in [-0.15, -0.1) is 11.8 Å². The number of carbonyl (C=O) groups is 3. The highest BCUT2D eigenvalue weighted by atomic mass is 35.5. The molecule has 0 bridgehead atoms. The number of hydrogen-bond acceptors (Lipinski definition) is 5. The predicted molar refractivity (Wildman–Crippen MR) is 89.0 cm³/mol. The lowest BCUT2D eigenvalue weighted by Gasteiger charge is -2.17. The molecule has 24 heavy (non-hydrogen) atoms. The summed E-state index contributed by atoms with van der Waals surface area (Å²) in [5.74, 6) is -2.10. The lowest BCUT2D eigenvalue weighted by molar-refractivity contribution is -0.255. The highest BCUT2D eigenvalue weighted by Gasteiger charge is 2.41. The molecule has 122 valence electrons. The largest absolute Gasteiger partial charge is 0.545 e. The first-order valence-electron chi connectivity index (χ1n) is 7.07. The van der Waals surface area contributed by atoms with E-state index in [-0.39, 0.29) is 17.9 Å². The molecule has 0 radical (unpaired) electrons. The lowest BCUT2D eigenvalue weighted by Crippen LogP contribution is -2.31. The second-order valence-corrected chi connectivity index (χ2v) is 6.76. The van der Waals surface area contributed by atoms with Gasteiger partial charge in [0.1, 0.15) is 0 Å². The van der Waals surface area contributed by atoms with Crippen molar-refractivity contribution in [3.8, 4) is 0 Å². The zero-order valence-corrected chi connectivity index (χ0v) is 13.8. The van der Waals surface area contributed by atoms with Crippen molar-refractivity contribution in [2.45, 2.75) is 16.6 Å². The molecule has 1 heterocycles. The minimum absolute atomic E-state index is 0.000979. The number of amides is 2. The van der Waals surface area contributed by atoms with Crippen LogP contribution >= 0.6 is 23.4 Å². The first-order valence-corrected chi connectivity index (χ1v) is 8.33. The first kappa shape index (κ1) is 16.5. The van der Waals surface area contributed by atoms with Crippen LogP contribution in [0.1, 0.15) is 16.8 Å². The smallest absolute Gasteiger partial charge is 0.247 e. The molecule has 1 saturated heterocycles. The Balaban J connectivity index is 1.88. The second-order valence-electron chi connectivity index (χ2n) is 5.11. The fourth-order valence-corrected chi connectivity index (χ4v) is 3.87. The Hall–Kier alpha value is -2.31. The monoisotopic (exact) mass is 360 g/mol. The van der Waals surface area contributed by atoms with Gasteiger partial charge in [-0.05, 0) is 18.2 Å². The number of para-hydroxylation sites is 1. The van der Waals surface area contributed by atoms with Gasteiger partial charge in [0.25, 0.3) is 0 Å². The van der Waals surface area contributed by atoms with Crippen molar-refractivity contribution in [3.63, 3.8) is 0 Å². The number of rotatable bonds is 4. The molecule has 1 atom stereocenters. The van der Waals surface area contributed by atoms with Gasteiger partial charge in [-0.1, -0.05) is 41.9 Å². The van der Waals surface area contributed by atoms with Gasteiger partial charge in [0.15, 0.2) is 0 Å². The number of nitrogens with zero attached hydrogens (tertiary/aromatic N) is 1. The van der Waals surface area contributed by atoms with Gasteiger partial charge in [0.2, 0.25) is 11.8 Å². The van der Waals surface area contributed by atoms with Crippen LogP contribution in [0, 0.1) is 0 Å². The average molecular weight is 361 g/mol. The van der Waals surface area contributed by atoms with Crippen molar-refractivity contribution in [2.75, 3.05) is 4.90 Å². The molecule has 2 aromatic rings. The molecule has 0 N–H and O–H groups in total. The Morgan fingerprint density at radius 1 is 1.12 bits per heavy atom. The molecule has 0 unspecified atom stereocenters. The Morgan fingerprint density at radius 3 is 2.50 bits per heavy atom. The average Bonchev–Trinajstić information content (AvgIpc) is 2.82. The molecule has 0 aliphatic carbocycles. The van der Waals surface area contributed by atoms with Gasteiger partial charge < -0.3 is 9.90 Å². The van der Waals surface area contributed by atoms with E-state index in [4.69, 9.17) is 11.6 Å². The zero-order chi connectivity index (χ0) is 17.3. The van der Waals surface area contributed by atoms with Crippen molar-refractivity contribution < 1.29 is 19.5 Å². The molecule has 0 spiro atoms. The molecule has 3 rings (SSSR count). The molecule has 1 aliphatic heterocycles. The molecule has 2 amide bonds. The van der Waals surface area contributed by atoms with Crippen LogP contribution in [-0.4, -0.2) is 23.0 Å². The third-order valence-corrected chi connectivity index (χ3v) is 5.16. The van der Waals surface area contributed by atoms with Crippen LogP contribution in [0.2, 0.25) is 5.02 Å². The number of imide groups is 1. The van der Waals surface area contributed by atoms with E-state index in [0.717, 1.165) is 16.7 Å². The van der Waals surface area contributed by atoms with Crippen LogP contribution < -0.4 is 10.0 Å². The topological polar surface area (TPSA) is 77.5 Å². The number of hydrogen-bond donors (Lipinski definition) is 0. The lowest BCUT2D eigenvalue weighted by atomic mass is 10.2. The molecule has 0 aromatic heterocycles. The van der Waals surface area contributed by atoms with Gasteiger partial charge in [0, 0.05) is 16.9 Å². The Morgan fingerprint density at radius 2 is 1.79 bits per heavy atom. The van der Waals surface area contributed by atoms with Crippen LogP contribution in [0.15, 0.2) is 53.4 Å². The molecule has 1 fully saturated rings. The Kier molecular flexibility index (Phi) is 4.59. The van der Waals surface area contributed by atoms with Gasteiger partial charge in [-0.3, -0.25) is 9.59 Å². The molecule has 0 saturated carbocycles. The van der Waals surface area contributed by atoms with E-state index < -0.39 is 17.1 Å². The van der Waals surface area contributed by atoms with Gasteiger partial charge in [-0.2, -0.15) is 0 Å². The number of halogens is 1. The van der Waals surface area contributed by atoms with E-state index in [0.29, 0.717) is 15.6 Å². The maximum atomic E-state index is 12.6. The molecule has 7 heteroatoms. The number of carboxylic acids is 1. The number of aromatic carboxylic acids is 1. The maximum Gasteiger partial charge on any atom is 0.247 e. The Bertz CT molecular complexity index is 839. The van der Waals surface area contributed by atoms with Crippen LogP contribution in [0.5, 0.6) is 0 Å². The highest BCUT2D eigenvalue weighted by Crippen LogP contribution is 2.37. The fourth-order valence-electron chi connectivity index (χ4n) is 2.47. The summed E-state index contributed by atoms with van der Waals surface area (Å²) in [6.45, 7) is 0. The summed E-state index contributed by atoms with van der Waals surface area (Å²) in [6, 6.07) is 12.8. The molecular formula is C17H11ClNO4S-. The van der Waals surface area contributed by atoms with Gasteiger partial charge >= 0.3 is 0 Å². The van der Waals surface area contributed by atoms with Crippen LogP contribution in [0.3, 0.4) is 0 Å². The summed E-state index contributed by atoms with van der Waals surface area (Å²) in [6.07, 6.45) is -0.0178. The quantitative estimate of drug-likeness (QED) is 0.780. The SMILES string of the molecule is O=C([O-])c1ccccc1S[C@@H]1CC(=O)N(c2ccccc2Cl)C1=O. The minimum Gasteiger partial charge on any atom is -0.545 e. The molecule has 5 nitrogen and oxygen atoms in total. The minimum atomic E-state index is -1.32. The zero-order valence-electron chi connectivity index (χ0n) is 12.3. The third-order valence-electron chi connectivity index (χ3n) is 3.57. The summed E-state index contributed by atoms with van der Waals surface area (Å²) in [5, 5.41) is 10.8. The maximum absolute atomic E-state index is 12.6. The van der Waals surface area contributed by atoms with E-state index in [1.54, 1.807) is 42.5 Å². The molecular weight excluding hydrogens is 350 g/mol. The third kappa shape index (κ3) is 3.02. The van der Waals surface area contributed by atoms with Crippen molar-refractivity contribution in [2.24, 2.45) is 0 Å². The van der Waals surface area contributed by atoms with E-state index in [1.807, 2.05) is 0 Å². The van der Waals surface area contributed by atoms with E-state index in [9.17, 15) is 19.5 Å². The molecule has 2 aromatic carbocycles. The summed E-state index contributed by atoms with van der Waals surface area (Å²) in [7, 11) is 0. The van der Waals surface area contributed by atoms with Crippen molar-refractivity contribution in [1.29, 1.82) is 0 Å². The number of anilines is 1. The summed E-state index contributed by atoms with van der Waals surface area (Å²) in [5.41, 5.74) is 0.337. The van der Waals surface area contributed by atoms with Gasteiger partial charge in [0.05, 0.1) is 21.9 Å². The first-order chi connectivity index (χ1) is 11.5. The number of carboxylic acid groups (broad SMARTS) is 1. The van der Waals surface area contributed by atoms with Crippen molar-refractivity contribution in [1.82, 2.24) is 0 Å². The van der Waals surface area contributed by atoms with E-state index in [1.165, 1.54) is 6.07 Å². The highest BCUT2D eigenvalue weighted by molar-refractivity contribution is 8.00. The normalized spacial score (nSPS) is 17.4. The van der Waals surface area contributed by atoms with Crippen LogP contribution in [-0.2, 0) is 9.59 Å². The number of carbonyl (C=O) groups excluding carboxylic acids is 3. The van der Waals surface area contributed by atoms with Crippen LogP contribution in [0.25, 0.3) is 0 Å². The second kappa shape index (κ2) is 6.67. The van der Waals surface area contributed by atoms with Gasteiger partial charge in [-0.25, -0.2) is 4.90 Å². The van der Waals surface area contributed by atoms with E-state index in [2.05, 4.69) is 0 Å². The van der Waals surface area contributed by atoms with E-state index >= 15 is 0 Å². The number of thioether (sulfide) groups is 1. The summed E-state index contributed by atoms with van der Waals surface area (Å²) < 4.78 is 0. The fraction of sp³-hybridized carbons (Fsp3) is 0.118. The van der Waals surface area contributed by atoms with Crippen LogP contribution in [0.4, 0.5) is 5.69 Å². The standard InChI is InChI=1S/C17H12ClNO4S/c18-11-6-2-3-7-12(11)19-15(20)9-14(16(19)21)24-13-8-4-1-5-10(13)17(22)23/h1-8,14H,9H2,(H,22,23)/p-1/t14-/m1/s1. The van der Waals surface area contributed by atoms with Crippen molar-refractivity contribution in [3.05, 3.63) is 59.1 Å². The van der Waals surface area contributed by atoms with Crippen molar-refractivity contribution >= 4 is 46.8 Å².